The molecule has 1 aromatic carbocycles. The van der Waals surface area contributed by atoms with Crippen molar-refractivity contribution < 1.29 is 5.11 Å². The Bertz CT molecular complexity index is 541. The van der Waals surface area contributed by atoms with Crippen LogP contribution in [0.4, 0.5) is 0 Å². The van der Waals surface area contributed by atoms with Crippen LogP contribution in [0.5, 0.6) is 0 Å². The predicted octanol–water partition coefficient (Wildman–Crippen LogP) is 2.35. The number of aliphatic hydroxyl groups excluding tert-OH is 1. The average molecular weight is 324 g/mol. The summed E-state index contributed by atoms with van der Waals surface area (Å²) in [6.07, 6.45) is 3.71. The molecule has 19 heavy (non-hydrogen) atoms. The van der Waals surface area contributed by atoms with E-state index in [4.69, 9.17) is 0 Å². The molecule has 2 rings (SSSR count). The van der Waals surface area contributed by atoms with Crippen molar-refractivity contribution in [3.05, 3.63) is 52.5 Å². The van der Waals surface area contributed by atoms with Crippen molar-refractivity contribution in [3.8, 4) is 0 Å². The molecular formula is C14H18BrN3O. The van der Waals surface area contributed by atoms with Gasteiger partial charge in [0.15, 0.2) is 0 Å². The zero-order valence-corrected chi connectivity index (χ0v) is 12.7. The molecule has 102 valence electrons. The molecule has 5 heteroatoms. The molecule has 0 aliphatic rings. The first-order valence-electron chi connectivity index (χ1n) is 6.14. The van der Waals surface area contributed by atoms with Crippen LogP contribution in [0.2, 0.25) is 0 Å². The second kappa shape index (κ2) is 6.32. The van der Waals surface area contributed by atoms with Crippen LogP contribution in [0.3, 0.4) is 0 Å². The number of imidazole rings is 1. The second-order valence-electron chi connectivity index (χ2n) is 4.62. The van der Waals surface area contributed by atoms with Gasteiger partial charge in [-0.15, -0.1) is 0 Å². The maximum Gasteiger partial charge on any atom is 0.122 e. The Hall–Kier alpha value is -1.17. The van der Waals surface area contributed by atoms with E-state index in [1.165, 1.54) is 0 Å². The van der Waals surface area contributed by atoms with Crippen molar-refractivity contribution in [2.24, 2.45) is 7.05 Å². The minimum atomic E-state index is -0.0331. The van der Waals surface area contributed by atoms with Crippen molar-refractivity contribution in [1.29, 1.82) is 0 Å². The third-order valence-electron chi connectivity index (χ3n) is 3.25. The molecule has 2 aromatic rings. The van der Waals surface area contributed by atoms with Gasteiger partial charge in [-0.05, 0) is 24.7 Å². The molecule has 0 aliphatic carbocycles. The number of aliphatic hydroxyl groups is 1. The first kappa shape index (κ1) is 14.2. The van der Waals surface area contributed by atoms with Crippen molar-refractivity contribution in [3.63, 3.8) is 0 Å². The minimum absolute atomic E-state index is 0.0331. The van der Waals surface area contributed by atoms with E-state index in [0.29, 0.717) is 6.54 Å². The van der Waals surface area contributed by atoms with Gasteiger partial charge >= 0.3 is 0 Å². The van der Waals surface area contributed by atoms with Gasteiger partial charge in [-0.2, -0.15) is 0 Å². The molecule has 0 amide bonds. The fourth-order valence-corrected chi connectivity index (χ4v) is 2.51. The number of benzene rings is 1. The number of halogens is 1. The molecule has 1 N–H and O–H groups in total. The SMILES string of the molecule is CN(Cc1nccn1C)[C@H](CO)c1cccc(Br)c1. The van der Waals surface area contributed by atoms with Crippen molar-refractivity contribution in [2.45, 2.75) is 12.6 Å². The molecule has 0 fully saturated rings. The summed E-state index contributed by atoms with van der Waals surface area (Å²) in [5.74, 6) is 0.982. The van der Waals surface area contributed by atoms with E-state index in [9.17, 15) is 5.11 Å². The lowest BCUT2D eigenvalue weighted by molar-refractivity contribution is 0.139. The summed E-state index contributed by atoms with van der Waals surface area (Å²) in [4.78, 5) is 6.42. The van der Waals surface area contributed by atoms with Gasteiger partial charge in [0.25, 0.3) is 0 Å². The number of nitrogens with zero attached hydrogens (tertiary/aromatic N) is 3. The Morgan fingerprint density at radius 3 is 2.84 bits per heavy atom. The van der Waals surface area contributed by atoms with Crippen LogP contribution in [-0.4, -0.2) is 33.2 Å². The van der Waals surface area contributed by atoms with Gasteiger partial charge in [0.05, 0.1) is 19.2 Å². The first-order chi connectivity index (χ1) is 9.11. The average Bonchev–Trinajstić information content (AvgIpc) is 2.76. The lowest BCUT2D eigenvalue weighted by atomic mass is 10.1. The van der Waals surface area contributed by atoms with Crippen LogP contribution >= 0.6 is 15.9 Å². The van der Waals surface area contributed by atoms with Crippen molar-refractivity contribution >= 4 is 15.9 Å². The fraction of sp³-hybridized carbons (Fsp3) is 0.357. The van der Waals surface area contributed by atoms with Crippen LogP contribution < -0.4 is 0 Å². The van der Waals surface area contributed by atoms with Crippen LogP contribution in [0.15, 0.2) is 41.1 Å². The minimum Gasteiger partial charge on any atom is -0.394 e. The highest BCUT2D eigenvalue weighted by Crippen LogP contribution is 2.23. The predicted molar refractivity (Wildman–Crippen MR) is 78.6 cm³/mol. The lowest BCUT2D eigenvalue weighted by Gasteiger charge is -2.26. The van der Waals surface area contributed by atoms with E-state index in [1.807, 2.05) is 49.1 Å². The van der Waals surface area contributed by atoms with Crippen molar-refractivity contribution in [1.82, 2.24) is 14.5 Å². The standard InChI is InChI=1S/C14H18BrN3O/c1-17-7-6-16-14(17)9-18(2)13(10-19)11-4-3-5-12(15)8-11/h3-8,13,19H,9-10H2,1-2H3/t13-/m1/s1. The summed E-state index contributed by atoms with van der Waals surface area (Å²) in [6.45, 7) is 0.776. The largest absolute Gasteiger partial charge is 0.394 e. The molecule has 0 bridgehead atoms. The fourth-order valence-electron chi connectivity index (χ4n) is 2.10. The molecule has 0 spiro atoms. The van der Waals surface area contributed by atoms with Gasteiger partial charge in [0, 0.05) is 23.9 Å². The maximum atomic E-state index is 9.65. The van der Waals surface area contributed by atoms with Crippen molar-refractivity contribution in [2.75, 3.05) is 13.7 Å². The normalized spacial score (nSPS) is 12.9. The second-order valence-corrected chi connectivity index (χ2v) is 5.54. The molecule has 0 radical (unpaired) electrons. The number of rotatable bonds is 5. The summed E-state index contributed by atoms with van der Waals surface area (Å²) in [5, 5.41) is 9.65. The zero-order chi connectivity index (χ0) is 13.8. The highest BCUT2D eigenvalue weighted by molar-refractivity contribution is 9.10. The number of aryl methyl sites for hydroxylation is 1. The Labute approximate surface area is 121 Å². The van der Waals surface area contributed by atoms with E-state index in [-0.39, 0.29) is 12.6 Å². The molecular weight excluding hydrogens is 306 g/mol. The van der Waals surface area contributed by atoms with Crippen LogP contribution in [0.25, 0.3) is 0 Å². The molecule has 0 aliphatic heterocycles. The number of aromatic nitrogens is 2. The summed E-state index contributed by atoms with van der Waals surface area (Å²) in [5.41, 5.74) is 1.09. The number of likely N-dealkylation sites (N-methyl/N-ethyl adjacent to an activating group) is 1. The Morgan fingerprint density at radius 1 is 1.47 bits per heavy atom. The molecule has 0 unspecified atom stereocenters. The molecule has 4 nitrogen and oxygen atoms in total. The van der Waals surface area contributed by atoms with Gasteiger partial charge in [-0.3, -0.25) is 4.90 Å². The summed E-state index contributed by atoms with van der Waals surface area (Å²) < 4.78 is 3.01. The maximum absolute atomic E-state index is 9.65. The van der Waals surface area contributed by atoms with Crippen LogP contribution in [0.1, 0.15) is 17.4 Å². The Morgan fingerprint density at radius 2 is 2.26 bits per heavy atom. The molecule has 1 heterocycles. The van der Waals surface area contributed by atoms with E-state index < -0.39 is 0 Å². The van der Waals surface area contributed by atoms with Crippen LogP contribution in [0, 0.1) is 0 Å². The monoisotopic (exact) mass is 323 g/mol. The van der Waals surface area contributed by atoms with Gasteiger partial charge in [0.2, 0.25) is 0 Å². The Kier molecular flexibility index (Phi) is 4.74. The van der Waals surface area contributed by atoms with Gasteiger partial charge in [-0.1, -0.05) is 28.1 Å². The Balaban J connectivity index is 2.15. The summed E-state index contributed by atoms with van der Waals surface area (Å²) in [6, 6.07) is 8.00. The third kappa shape index (κ3) is 3.43. The van der Waals surface area contributed by atoms with Gasteiger partial charge < -0.3 is 9.67 Å². The van der Waals surface area contributed by atoms with E-state index in [1.54, 1.807) is 6.20 Å². The van der Waals surface area contributed by atoms with E-state index >= 15 is 0 Å². The molecule has 1 atom stereocenters. The quantitative estimate of drug-likeness (QED) is 0.918. The highest BCUT2D eigenvalue weighted by atomic mass is 79.9. The van der Waals surface area contributed by atoms with Gasteiger partial charge in [-0.25, -0.2) is 4.98 Å². The smallest absolute Gasteiger partial charge is 0.122 e. The van der Waals surface area contributed by atoms with E-state index in [0.717, 1.165) is 15.9 Å². The number of hydrogen-bond acceptors (Lipinski definition) is 3. The van der Waals surface area contributed by atoms with Gasteiger partial charge in [0.1, 0.15) is 5.82 Å². The molecule has 1 aromatic heterocycles. The topological polar surface area (TPSA) is 41.3 Å². The summed E-state index contributed by atoms with van der Waals surface area (Å²) >= 11 is 3.46. The van der Waals surface area contributed by atoms with Crippen LogP contribution in [-0.2, 0) is 13.6 Å². The first-order valence-corrected chi connectivity index (χ1v) is 6.94. The highest BCUT2D eigenvalue weighted by Gasteiger charge is 2.17. The van der Waals surface area contributed by atoms with E-state index in [2.05, 4.69) is 25.8 Å². The third-order valence-corrected chi connectivity index (χ3v) is 3.74. The molecule has 0 saturated carbocycles. The zero-order valence-electron chi connectivity index (χ0n) is 11.1. The summed E-state index contributed by atoms with van der Waals surface area (Å²) in [7, 11) is 3.97. The lowest BCUT2D eigenvalue weighted by Crippen LogP contribution is -2.28. The number of hydrogen-bond donors (Lipinski definition) is 1. The molecule has 0 saturated heterocycles.